The highest BCUT2D eigenvalue weighted by Crippen LogP contribution is 2.26. The number of β-amino-alcohol motifs (C(OH)–C–C–N with tert-alkyl or cyclic N) is 1. The fourth-order valence-corrected chi connectivity index (χ4v) is 2.13. The molecule has 0 saturated carbocycles. The highest BCUT2D eigenvalue weighted by atomic mass is 16.3. The zero-order chi connectivity index (χ0) is 10.4. The first-order chi connectivity index (χ1) is 6.79. The first kappa shape index (κ1) is 11.4. The van der Waals surface area contributed by atoms with Gasteiger partial charge < -0.3 is 10.4 Å². The van der Waals surface area contributed by atoms with Crippen LogP contribution in [0.1, 0.15) is 19.8 Å². The van der Waals surface area contributed by atoms with Crippen LogP contribution in [0.2, 0.25) is 0 Å². The van der Waals surface area contributed by atoms with E-state index < -0.39 is 5.54 Å². The SMILES string of the molecule is CCC1CNCCC1(C#N)NCCO. The van der Waals surface area contributed by atoms with Crippen LogP contribution in [-0.4, -0.2) is 36.9 Å². The standard InChI is InChI=1S/C10H19N3O/c1-2-9-7-12-4-3-10(9,8-11)13-5-6-14/h9,12-14H,2-7H2,1H3. The number of nitrogens with zero attached hydrogens (tertiary/aromatic N) is 1. The third-order valence-corrected chi connectivity index (χ3v) is 3.03. The molecule has 1 aliphatic rings. The molecule has 0 aromatic carbocycles. The maximum Gasteiger partial charge on any atom is 0.112 e. The second-order valence-corrected chi connectivity index (χ2v) is 3.79. The number of hydrogen-bond acceptors (Lipinski definition) is 4. The molecule has 3 N–H and O–H groups in total. The average molecular weight is 197 g/mol. The number of aliphatic hydroxyl groups is 1. The number of piperidine rings is 1. The molecular weight excluding hydrogens is 178 g/mol. The van der Waals surface area contributed by atoms with E-state index in [4.69, 9.17) is 5.11 Å². The third kappa shape index (κ3) is 2.24. The number of nitrogens with one attached hydrogen (secondary N) is 2. The molecule has 0 amide bonds. The van der Waals surface area contributed by atoms with Gasteiger partial charge in [0.05, 0.1) is 12.7 Å². The first-order valence-electron chi connectivity index (χ1n) is 5.27. The molecule has 0 aliphatic carbocycles. The maximum absolute atomic E-state index is 9.25. The van der Waals surface area contributed by atoms with E-state index in [-0.39, 0.29) is 6.61 Å². The Balaban J connectivity index is 2.67. The van der Waals surface area contributed by atoms with Crippen LogP contribution in [0.15, 0.2) is 0 Å². The number of rotatable bonds is 4. The summed E-state index contributed by atoms with van der Waals surface area (Å²) in [6.45, 7) is 4.46. The van der Waals surface area contributed by atoms with Gasteiger partial charge in [-0.3, -0.25) is 5.32 Å². The van der Waals surface area contributed by atoms with E-state index in [1.165, 1.54) is 0 Å². The van der Waals surface area contributed by atoms with Crippen molar-refractivity contribution < 1.29 is 5.11 Å². The minimum Gasteiger partial charge on any atom is -0.395 e. The van der Waals surface area contributed by atoms with Gasteiger partial charge >= 0.3 is 0 Å². The van der Waals surface area contributed by atoms with Crippen LogP contribution in [0.3, 0.4) is 0 Å². The van der Waals surface area contributed by atoms with Crippen LogP contribution in [0.4, 0.5) is 0 Å². The molecule has 0 bridgehead atoms. The van der Waals surface area contributed by atoms with Crippen molar-refractivity contribution in [2.24, 2.45) is 5.92 Å². The quantitative estimate of drug-likeness (QED) is 0.586. The monoisotopic (exact) mass is 197 g/mol. The molecule has 0 aromatic rings. The van der Waals surface area contributed by atoms with Crippen molar-refractivity contribution in [2.45, 2.75) is 25.3 Å². The van der Waals surface area contributed by atoms with Gasteiger partial charge in [0.25, 0.3) is 0 Å². The predicted molar refractivity (Wildman–Crippen MR) is 54.7 cm³/mol. The Morgan fingerprint density at radius 2 is 2.50 bits per heavy atom. The molecule has 4 nitrogen and oxygen atoms in total. The molecule has 4 heteroatoms. The van der Waals surface area contributed by atoms with E-state index in [2.05, 4.69) is 23.6 Å². The third-order valence-electron chi connectivity index (χ3n) is 3.03. The summed E-state index contributed by atoms with van der Waals surface area (Å²) in [5.74, 6) is 0.341. The summed E-state index contributed by atoms with van der Waals surface area (Å²) in [7, 11) is 0. The molecule has 1 rings (SSSR count). The summed E-state index contributed by atoms with van der Waals surface area (Å²) in [6, 6.07) is 2.39. The fraction of sp³-hybridized carbons (Fsp3) is 0.900. The molecule has 0 spiro atoms. The van der Waals surface area contributed by atoms with E-state index >= 15 is 0 Å². The van der Waals surface area contributed by atoms with Crippen molar-refractivity contribution in [3.05, 3.63) is 0 Å². The van der Waals surface area contributed by atoms with Gasteiger partial charge in [0.1, 0.15) is 5.54 Å². The number of nitriles is 1. The molecule has 14 heavy (non-hydrogen) atoms. The lowest BCUT2D eigenvalue weighted by molar-refractivity contribution is 0.188. The lowest BCUT2D eigenvalue weighted by atomic mass is 9.78. The Bertz CT molecular complexity index is 214. The lowest BCUT2D eigenvalue weighted by Gasteiger charge is -2.39. The molecule has 2 atom stereocenters. The van der Waals surface area contributed by atoms with Crippen molar-refractivity contribution in [3.63, 3.8) is 0 Å². The van der Waals surface area contributed by atoms with Crippen LogP contribution in [-0.2, 0) is 0 Å². The number of hydrogen-bond donors (Lipinski definition) is 3. The minimum atomic E-state index is -0.428. The van der Waals surface area contributed by atoms with Gasteiger partial charge in [-0.25, -0.2) is 0 Å². The minimum absolute atomic E-state index is 0.0906. The fourth-order valence-electron chi connectivity index (χ4n) is 2.13. The Hall–Kier alpha value is -0.630. The summed E-state index contributed by atoms with van der Waals surface area (Å²) < 4.78 is 0. The molecule has 1 fully saturated rings. The highest BCUT2D eigenvalue weighted by molar-refractivity contribution is 5.13. The number of aliphatic hydroxyl groups excluding tert-OH is 1. The first-order valence-corrected chi connectivity index (χ1v) is 5.27. The van der Waals surface area contributed by atoms with Crippen LogP contribution in [0, 0.1) is 17.2 Å². The van der Waals surface area contributed by atoms with E-state index in [0.29, 0.717) is 12.5 Å². The van der Waals surface area contributed by atoms with Crippen LogP contribution < -0.4 is 10.6 Å². The van der Waals surface area contributed by atoms with Crippen molar-refractivity contribution in [2.75, 3.05) is 26.2 Å². The summed E-state index contributed by atoms with van der Waals surface area (Å²) in [6.07, 6.45) is 1.81. The van der Waals surface area contributed by atoms with Crippen LogP contribution in [0.5, 0.6) is 0 Å². The Morgan fingerprint density at radius 1 is 1.71 bits per heavy atom. The van der Waals surface area contributed by atoms with Gasteiger partial charge in [-0.1, -0.05) is 6.92 Å². The maximum atomic E-state index is 9.25. The van der Waals surface area contributed by atoms with Gasteiger partial charge in [0.2, 0.25) is 0 Å². The van der Waals surface area contributed by atoms with Crippen molar-refractivity contribution in [3.8, 4) is 6.07 Å². The molecular formula is C10H19N3O. The zero-order valence-corrected chi connectivity index (χ0v) is 8.71. The van der Waals surface area contributed by atoms with Crippen molar-refractivity contribution in [1.82, 2.24) is 10.6 Å². The Kier molecular flexibility index (Phi) is 4.33. The smallest absolute Gasteiger partial charge is 0.112 e. The molecule has 80 valence electrons. The van der Waals surface area contributed by atoms with E-state index in [1.807, 2.05) is 0 Å². The summed E-state index contributed by atoms with van der Waals surface area (Å²) in [4.78, 5) is 0. The summed E-state index contributed by atoms with van der Waals surface area (Å²) >= 11 is 0. The normalized spacial score (nSPS) is 32.5. The highest BCUT2D eigenvalue weighted by Gasteiger charge is 2.39. The topological polar surface area (TPSA) is 68.1 Å². The average Bonchev–Trinajstić information content (AvgIpc) is 2.26. The van der Waals surface area contributed by atoms with Crippen LogP contribution >= 0.6 is 0 Å². The predicted octanol–water partition coefficient (Wildman–Crippen LogP) is -0.150. The summed E-state index contributed by atoms with van der Waals surface area (Å²) in [5.41, 5.74) is -0.428. The molecule has 0 aromatic heterocycles. The summed E-state index contributed by atoms with van der Waals surface area (Å²) in [5, 5.41) is 24.5. The molecule has 0 radical (unpaired) electrons. The molecule has 1 heterocycles. The van der Waals surface area contributed by atoms with E-state index in [1.54, 1.807) is 0 Å². The Morgan fingerprint density at radius 3 is 3.07 bits per heavy atom. The second-order valence-electron chi connectivity index (χ2n) is 3.79. The van der Waals surface area contributed by atoms with Gasteiger partial charge in [0.15, 0.2) is 0 Å². The molecule has 1 aliphatic heterocycles. The van der Waals surface area contributed by atoms with Crippen molar-refractivity contribution in [1.29, 1.82) is 5.26 Å². The van der Waals surface area contributed by atoms with Gasteiger partial charge in [-0.2, -0.15) is 5.26 Å². The van der Waals surface area contributed by atoms with Gasteiger partial charge in [-0.05, 0) is 19.4 Å². The molecule has 1 saturated heterocycles. The lowest BCUT2D eigenvalue weighted by Crippen LogP contribution is -2.58. The largest absolute Gasteiger partial charge is 0.395 e. The van der Waals surface area contributed by atoms with Crippen LogP contribution in [0.25, 0.3) is 0 Å². The second kappa shape index (κ2) is 5.30. The Labute approximate surface area is 85.3 Å². The zero-order valence-electron chi connectivity index (χ0n) is 8.71. The van der Waals surface area contributed by atoms with Gasteiger partial charge in [-0.15, -0.1) is 0 Å². The van der Waals surface area contributed by atoms with E-state index in [0.717, 1.165) is 25.9 Å². The van der Waals surface area contributed by atoms with Gasteiger partial charge in [0, 0.05) is 19.0 Å². The van der Waals surface area contributed by atoms with E-state index in [9.17, 15) is 5.26 Å². The van der Waals surface area contributed by atoms with Crippen molar-refractivity contribution >= 4 is 0 Å². The molecule has 2 unspecified atom stereocenters.